The van der Waals surface area contributed by atoms with Gasteiger partial charge < -0.3 is 24.0 Å². The van der Waals surface area contributed by atoms with Crippen LogP contribution in [-0.4, -0.2) is 43.7 Å². The summed E-state index contributed by atoms with van der Waals surface area (Å²) in [5.74, 6) is -0.310. The molecule has 2 aromatic heterocycles. The molecule has 9 nitrogen and oxygen atoms in total. The van der Waals surface area contributed by atoms with Crippen LogP contribution in [0.3, 0.4) is 0 Å². The Hall–Kier alpha value is -3.72. The summed E-state index contributed by atoms with van der Waals surface area (Å²) in [6.45, 7) is 9.80. The van der Waals surface area contributed by atoms with E-state index in [-0.39, 0.29) is 35.4 Å². The molecule has 1 amide bonds. The van der Waals surface area contributed by atoms with E-state index in [9.17, 15) is 19.5 Å². The third-order valence-corrected chi connectivity index (χ3v) is 6.70. The van der Waals surface area contributed by atoms with E-state index >= 15 is 0 Å². The van der Waals surface area contributed by atoms with Gasteiger partial charge in [-0.05, 0) is 58.9 Å². The number of aromatic nitrogens is 2. The van der Waals surface area contributed by atoms with Crippen molar-refractivity contribution in [1.29, 1.82) is 0 Å². The highest BCUT2D eigenvalue weighted by Crippen LogP contribution is 2.37. The number of ether oxygens (including phenoxy) is 2. The number of carbonyl (C=O) groups excluding carboxylic acids is 2. The first-order valence-corrected chi connectivity index (χ1v) is 11.6. The SMILES string of the molecule is Cc1c(OC(=O)N(C(C)C)C(C)C)ccc2nc3c(cc12)Cn1c-3cc2c(c1=O)COC(=O)C2O. The van der Waals surface area contributed by atoms with Gasteiger partial charge >= 0.3 is 12.1 Å². The largest absolute Gasteiger partial charge is 0.458 e. The van der Waals surface area contributed by atoms with Crippen LogP contribution in [0.2, 0.25) is 0 Å². The highest BCUT2D eigenvalue weighted by Gasteiger charge is 2.34. The van der Waals surface area contributed by atoms with Gasteiger partial charge in [0.05, 0.1) is 29.0 Å². The molecule has 1 N–H and O–H groups in total. The van der Waals surface area contributed by atoms with Crippen molar-refractivity contribution in [3.8, 4) is 17.1 Å². The lowest BCUT2D eigenvalue weighted by Crippen LogP contribution is -2.43. The number of amides is 1. The van der Waals surface area contributed by atoms with Crippen LogP contribution in [0.25, 0.3) is 22.3 Å². The van der Waals surface area contributed by atoms with E-state index in [1.54, 1.807) is 27.7 Å². The Morgan fingerprint density at radius 2 is 1.91 bits per heavy atom. The first-order valence-electron chi connectivity index (χ1n) is 11.6. The minimum atomic E-state index is -1.49. The summed E-state index contributed by atoms with van der Waals surface area (Å²) in [5, 5.41) is 11.1. The second-order valence-corrected chi connectivity index (χ2v) is 9.58. The molecule has 0 fully saturated rings. The Bertz CT molecular complexity index is 1450. The molecule has 9 heteroatoms. The van der Waals surface area contributed by atoms with Crippen LogP contribution in [0.15, 0.2) is 29.1 Å². The maximum Gasteiger partial charge on any atom is 0.415 e. The number of esters is 1. The number of carbonyl (C=O) groups is 2. The molecule has 0 spiro atoms. The van der Waals surface area contributed by atoms with Crippen molar-refractivity contribution in [2.45, 2.75) is 66.0 Å². The summed E-state index contributed by atoms with van der Waals surface area (Å²) in [6, 6.07) is 7.11. The van der Waals surface area contributed by atoms with Crippen molar-refractivity contribution in [3.05, 3.63) is 56.9 Å². The molecule has 0 radical (unpaired) electrons. The molecule has 1 atom stereocenters. The lowest BCUT2D eigenvalue weighted by molar-refractivity contribution is -0.157. The lowest BCUT2D eigenvalue weighted by atomic mass is 10.00. The minimum absolute atomic E-state index is 0.00458. The number of hydrogen-bond donors (Lipinski definition) is 1. The number of cyclic esters (lactones) is 1. The Kier molecular flexibility index (Phi) is 5.40. The van der Waals surface area contributed by atoms with Crippen LogP contribution in [0.5, 0.6) is 5.75 Å². The minimum Gasteiger partial charge on any atom is -0.458 e. The molecular formula is C26H27N3O6. The fourth-order valence-electron chi connectivity index (χ4n) is 5.00. The van der Waals surface area contributed by atoms with Crippen LogP contribution in [0.4, 0.5) is 4.79 Å². The quantitative estimate of drug-likeness (QED) is 0.450. The van der Waals surface area contributed by atoms with Crippen LogP contribution >= 0.6 is 0 Å². The molecule has 4 heterocycles. The van der Waals surface area contributed by atoms with E-state index in [0.29, 0.717) is 29.2 Å². The Morgan fingerprint density at radius 3 is 2.60 bits per heavy atom. The third kappa shape index (κ3) is 3.58. The second kappa shape index (κ2) is 8.20. The van der Waals surface area contributed by atoms with E-state index in [2.05, 4.69) is 0 Å². The summed E-state index contributed by atoms with van der Waals surface area (Å²) in [4.78, 5) is 44.2. The number of nitrogens with zero attached hydrogens (tertiary/aromatic N) is 3. The second-order valence-electron chi connectivity index (χ2n) is 9.58. The molecule has 3 aromatic rings. The van der Waals surface area contributed by atoms with Crippen LogP contribution < -0.4 is 10.3 Å². The van der Waals surface area contributed by atoms with E-state index in [1.165, 1.54) is 0 Å². The van der Waals surface area contributed by atoms with Crippen molar-refractivity contribution >= 4 is 23.0 Å². The number of pyridine rings is 2. The fraction of sp³-hybridized carbons (Fsp3) is 0.385. The predicted molar refractivity (Wildman–Crippen MR) is 128 cm³/mol. The normalized spacial score (nSPS) is 16.2. The van der Waals surface area contributed by atoms with E-state index in [0.717, 1.165) is 16.5 Å². The number of hydrogen-bond acceptors (Lipinski definition) is 7. The summed E-state index contributed by atoms with van der Waals surface area (Å²) in [5.41, 5.74) is 3.71. The van der Waals surface area contributed by atoms with Crippen molar-refractivity contribution in [3.63, 3.8) is 0 Å². The Morgan fingerprint density at radius 1 is 1.20 bits per heavy atom. The molecule has 1 unspecified atom stereocenters. The van der Waals surface area contributed by atoms with Crippen LogP contribution in [-0.2, 0) is 22.7 Å². The average Bonchev–Trinajstić information content (AvgIpc) is 3.15. The van der Waals surface area contributed by atoms with Gasteiger partial charge in [0.15, 0.2) is 6.10 Å². The molecular weight excluding hydrogens is 450 g/mol. The van der Waals surface area contributed by atoms with Gasteiger partial charge in [0.1, 0.15) is 12.4 Å². The zero-order valence-electron chi connectivity index (χ0n) is 20.3. The molecule has 0 aliphatic carbocycles. The number of aliphatic hydroxyl groups is 1. The first kappa shape index (κ1) is 23.0. The fourth-order valence-corrected chi connectivity index (χ4v) is 5.00. The summed E-state index contributed by atoms with van der Waals surface area (Å²) < 4.78 is 12.3. The smallest absolute Gasteiger partial charge is 0.415 e. The van der Waals surface area contributed by atoms with E-state index in [1.807, 2.05) is 40.7 Å². The average molecular weight is 478 g/mol. The maximum atomic E-state index is 13.1. The Balaban J connectivity index is 1.56. The number of aliphatic hydroxyl groups excluding tert-OH is 1. The monoisotopic (exact) mass is 477 g/mol. The zero-order chi connectivity index (χ0) is 25.2. The van der Waals surface area contributed by atoms with Gasteiger partial charge in [-0.3, -0.25) is 4.79 Å². The number of benzene rings is 1. The zero-order valence-corrected chi connectivity index (χ0v) is 20.3. The van der Waals surface area contributed by atoms with Crippen LogP contribution in [0, 0.1) is 6.92 Å². The molecule has 0 saturated heterocycles. The molecule has 1 aromatic carbocycles. The van der Waals surface area contributed by atoms with Gasteiger partial charge in [0.2, 0.25) is 0 Å². The van der Waals surface area contributed by atoms with Gasteiger partial charge in [-0.2, -0.15) is 0 Å². The topological polar surface area (TPSA) is 111 Å². The molecule has 5 rings (SSSR count). The standard InChI is InChI=1S/C26H27N3O6/c1-12(2)29(13(3)4)26(33)35-21-7-6-19-16(14(21)5)8-15-10-28-20(22(15)27-19)9-17-18(24(28)31)11-34-25(32)23(17)30/h6-9,12-13,23,30H,10-11H2,1-5H3. The molecule has 2 aliphatic rings. The van der Waals surface area contributed by atoms with Gasteiger partial charge in [-0.15, -0.1) is 0 Å². The third-order valence-electron chi connectivity index (χ3n) is 6.70. The summed E-state index contributed by atoms with van der Waals surface area (Å²) in [7, 11) is 0. The number of fused-ring (bicyclic) bond motifs is 5. The maximum absolute atomic E-state index is 13.1. The molecule has 0 bridgehead atoms. The highest BCUT2D eigenvalue weighted by atomic mass is 16.6. The van der Waals surface area contributed by atoms with Gasteiger partial charge in [0.25, 0.3) is 5.56 Å². The van der Waals surface area contributed by atoms with Crippen molar-refractivity contribution < 1.29 is 24.2 Å². The van der Waals surface area contributed by atoms with E-state index < -0.39 is 18.2 Å². The van der Waals surface area contributed by atoms with Gasteiger partial charge in [0, 0.05) is 34.2 Å². The first-order chi connectivity index (χ1) is 16.6. The van der Waals surface area contributed by atoms with Crippen molar-refractivity contribution in [2.24, 2.45) is 0 Å². The molecule has 2 aliphatic heterocycles. The van der Waals surface area contributed by atoms with Crippen LogP contribution in [0.1, 0.15) is 56.1 Å². The van der Waals surface area contributed by atoms with Crippen molar-refractivity contribution in [2.75, 3.05) is 0 Å². The Labute approximate surface area is 201 Å². The molecule has 0 saturated carbocycles. The number of rotatable bonds is 3. The number of aryl methyl sites for hydroxylation is 1. The summed E-state index contributed by atoms with van der Waals surface area (Å²) >= 11 is 0. The lowest BCUT2D eigenvalue weighted by Gasteiger charge is -2.29. The molecule has 35 heavy (non-hydrogen) atoms. The van der Waals surface area contributed by atoms with Gasteiger partial charge in [-0.25, -0.2) is 14.6 Å². The summed E-state index contributed by atoms with van der Waals surface area (Å²) in [6.07, 6.45) is -1.90. The van der Waals surface area contributed by atoms with E-state index in [4.69, 9.17) is 14.5 Å². The predicted octanol–water partition coefficient (Wildman–Crippen LogP) is 3.44. The molecule has 182 valence electrons. The van der Waals surface area contributed by atoms with Crippen molar-refractivity contribution in [1.82, 2.24) is 14.5 Å². The highest BCUT2D eigenvalue weighted by molar-refractivity contribution is 5.89. The van der Waals surface area contributed by atoms with Gasteiger partial charge in [-0.1, -0.05) is 0 Å².